The van der Waals surface area contributed by atoms with Crippen LogP contribution < -0.4 is 11.1 Å². The molecule has 3 N–H and O–H groups in total. The van der Waals surface area contributed by atoms with E-state index in [0.29, 0.717) is 16.5 Å². The van der Waals surface area contributed by atoms with E-state index in [1.807, 2.05) is 13.0 Å². The van der Waals surface area contributed by atoms with Gasteiger partial charge in [-0.25, -0.2) is 4.98 Å². The van der Waals surface area contributed by atoms with Crippen LogP contribution >= 0.6 is 11.6 Å². The number of rotatable bonds is 2. The van der Waals surface area contributed by atoms with Crippen LogP contribution in [0.1, 0.15) is 5.56 Å². The van der Waals surface area contributed by atoms with Crippen molar-refractivity contribution >= 4 is 28.8 Å². The molecule has 2 aromatic rings. The summed E-state index contributed by atoms with van der Waals surface area (Å²) in [6.07, 6.45) is 4.87. The van der Waals surface area contributed by atoms with Crippen LogP contribution in [0.25, 0.3) is 0 Å². The average molecular weight is 235 g/mol. The van der Waals surface area contributed by atoms with E-state index in [2.05, 4.69) is 15.3 Å². The smallest absolute Gasteiger partial charge is 0.148 e. The van der Waals surface area contributed by atoms with Crippen molar-refractivity contribution in [3.63, 3.8) is 0 Å². The highest BCUT2D eigenvalue weighted by Crippen LogP contribution is 2.28. The van der Waals surface area contributed by atoms with Crippen LogP contribution in [0.2, 0.25) is 5.02 Å². The van der Waals surface area contributed by atoms with E-state index in [4.69, 9.17) is 17.3 Å². The van der Waals surface area contributed by atoms with Crippen LogP contribution in [-0.2, 0) is 0 Å². The summed E-state index contributed by atoms with van der Waals surface area (Å²) in [5.74, 6) is 0.660. The third-order valence-corrected chi connectivity index (χ3v) is 2.46. The molecule has 1 aromatic carbocycles. The van der Waals surface area contributed by atoms with Gasteiger partial charge in [-0.2, -0.15) is 0 Å². The second-order valence-electron chi connectivity index (χ2n) is 3.38. The molecule has 0 spiro atoms. The molecule has 0 bridgehead atoms. The van der Waals surface area contributed by atoms with Crippen LogP contribution in [0, 0.1) is 6.92 Å². The molecule has 0 amide bonds. The number of nitrogens with two attached hydrogens (primary N) is 1. The molecule has 0 saturated heterocycles. The van der Waals surface area contributed by atoms with Crippen molar-refractivity contribution in [2.75, 3.05) is 11.1 Å². The van der Waals surface area contributed by atoms with Gasteiger partial charge < -0.3 is 11.1 Å². The molecule has 0 aliphatic rings. The van der Waals surface area contributed by atoms with Gasteiger partial charge in [0.15, 0.2) is 0 Å². The van der Waals surface area contributed by atoms with Crippen molar-refractivity contribution in [2.45, 2.75) is 6.92 Å². The molecular weight excluding hydrogens is 224 g/mol. The quantitative estimate of drug-likeness (QED) is 0.785. The van der Waals surface area contributed by atoms with Crippen LogP contribution in [0.15, 0.2) is 30.7 Å². The third kappa shape index (κ3) is 2.23. The third-order valence-electron chi connectivity index (χ3n) is 2.24. The fraction of sp³-hybridized carbons (Fsp3) is 0.0909. The number of nitrogens with zero attached hydrogens (tertiary/aromatic N) is 2. The highest BCUT2D eigenvalue weighted by Gasteiger charge is 2.04. The maximum atomic E-state index is 5.93. The SMILES string of the molecule is Cc1c(N)cc(Cl)cc1Nc1cnccn1. The Morgan fingerprint density at radius 3 is 2.81 bits per heavy atom. The molecule has 0 aliphatic carbocycles. The van der Waals surface area contributed by atoms with E-state index in [-0.39, 0.29) is 0 Å². The first-order valence-electron chi connectivity index (χ1n) is 4.75. The number of anilines is 3. The van der Waals surface area contributed by atoms with Crippen LogP contribution in [0.5, 0.6) is 0 Å². The predicted octanol–water partition coefficient (Wildman–Crippen LogP) is 2.76. The lowest BCUT2D eigenvalue weighted by molar-refractivity contribution is 1.19. The Morgan fingerprint density at radius 1 is 1.31 bits per heavy atom. The Labute approximate surface area is 98.5 Å². The molecular formula is C11H11ClN4. The molecule has 0 fully saturated rings. The van der Waals surface area contributed by atoms with Crippen molar-refractivity contribution in [1.82, 2.24) is 9.97 Å². The lowest BCUT2D eigenvalue weighted by atomic mass is 10.1. The van der Waals surface area contributed by atoms with E-state index in [1.54, 1.807) is 24.7 Å². The number of hydrogen-bond acceptors (Lipinski definition) is 4. The monoisotopic (exact) mass is 234 g/mol. The predicted molar refractivity (Wildman–Crippen MR) is 65.9 cm³/mol. The van der Waals surface area contributed by atoms with Gasteiger partial charge in [-0.1, -0.05) is 11.6 Å². The van der Waals surface area contributed by atoms with Crippen molar-refractivity contribution in [2.24, 2.45) is 0 Å². The number of nitrogen functional groups attached to an aromatic ring is 1. The lowest BCUT2D eigenvalue weighted by Gasteiger charge is -2.10. The first kappa shape index (κ1) is 10.7. The van der Waals surface area contributed by atoms with Crippen LogP contribution in [0.4, 0.5) is 17.2 Å². The van der Waals surface area contributed by atoms with Crippen LogP contribution in [0.3, 0.4) is 0 Å². The molecule has 4 nitrogen and oxygen atoms in total. The molecule has 0 atom stereocenters. The minimum Gasteiger partial charge on any atom is -0.398 e. The first-order valence-corrected chi connectivity index (χ1v) is 5.13. The van der Waals surface area contributed by atoms with Gasteiger partial charge in [0.2, 0.25) is 0 Å². The summed E-state index contributed by atoms with van der Waals surface area (Å²) >= 11 is 5.93. The molecule has 0 unspecified atom stereocenters. The van der Waals surface area contributed by atoms with Gasteiger partial charge in [0, 0.05) is 28.8 Å². The molecule has 1 aromatic heterocycles. The molecule has 82 valence electrons. The fourth-order valence-electron chi connectivity index (χ4n) is 1.33. The highest BCUT2D eigenvalue weighted by atomic mass is 35.5. The highest BCUT2D eigenvalue weighted by molar-refractivity contribution is 6.31. The van der Waals surface area contributed by atoms with E-state index >= 15 is 0 Å². The van der Waals surface area contributed by atoms with Gasteiger partial charge in [0.25, 0.3) is 0 Å². The van der Waals surface area contributed by atoms with Crippen molar-refractivity contribution in [3.05, 3.63) is 41.3 Å². The summed E-state index contributed by atoms with van der Waals surface area (Å²) in [4.78, 5) is 8.08. The summed E-state index contributed by atoms with van der Waals surface area (Å²) in [6.45, 7) is 1.92. The van der Waals surface area contributed by atoms with Crippen LogP contribution in [-0.4, -0.2) is 9.97 Å². The first-order chi connectivity index (χ1) is 7.66. The number of aromatic nitrogens is 2. The minimum atomic E-state index is 0.592. The van der Waals surface area contributed by atoms with E-state index < -0.39 is 0 Å². The second-order valence-corrected chi connectivity index (χ2v) is 3.82. The lowest BCUT2D eigenvalue weighted by Crippen LogP contribution is -1.99. The Kier molecular flexibility index (Phi) is 2.92. The number of halogens is 1. The zero-order chi connectivity index (χ0) is 11.5. The minimum absolute atomic E-state index is 0.592. The van der Waals surface area contributed by atoms with Gasteiger partial charge in [0.05, 0.1) is 6.20 Å². The molecule has 0 aliphatic heterocycles. The maximum absolute atomic E-state index is 5.93. The number of nitrogens with one attached hydrogen (secondary N) is 1. The van der Waals surface area contributed by atoms with Crippen molar-refractivity contribution in [3.8, 4) is 0 Å². The summed E-state index contributed by atoms with van der Waals surface area (Å²) in [5.41, 5.74) is 8.24. The van der Waals surface area contributed by atoms with Crippen molar-refractivity contribution in [1.29, 1.82) is 0 Å². The zero-order valence-corrected chi connectivity index (χ0v) is 9.49. The summed E-state index contributed by atoms with van der Waals surface area (Å²) in [6, 6.07) is 3.53. The Morgan fingerprint density at radius 2 is 2.12 bits per heavy atom. The normalized spacial score (nSPS) is 10.1. The summed E-state index contributed by atoms with van der Waals surface area (Å²) < 4.78 is 0. The molecule has 16 heavy (non-hydrogen) atoms. The van der Waals surface area contributed by atoms with Gasteiger partial charge in [-0.3, -0.25) is 4.98 Å². The standard InChI is InChI=1S/C11H11ClN4/c1-7-9(13)4-8(12)5-10(7)16-11-6-14-2-3-15-11/h2-6H,13H2,1H3,(H,15,16). The molecule has 2 rings (SSSR count). The second kappa shape index (κ2) is 4.37. The van der Waals surface area contributed by atoms with Gasteiger partial charge in [-0.05, 0) is 24.6 Å². The Bertz CT molecular complexity index is 499. The van der Waals surface area contributed by atoms with E-state index in [1.165, 1.54) is 0 Å². The molecule has 0 radical (unpaired) electrons. The Hall–Kier alpha value is -1.81. The molecule has 5 heteroatoms. The molecule has 1 heterocycles. The average Bonchev–Trinajstić information content (AvgIpc) is 2.27. The molecule has 0 saturated carbocycles. The number of hydrogen-bond donors (Lipinski definition) is 2. The summed E-state index contributed by atoms with van der Waals surface area (Å²) in [7, 11) is 0. The van der Waals surface area contributed by atoms with Gasteiger partial charge >= 0.3 is 0 Å². The van der Waals surface area contributed by atoms with Gasteiger partial charge in [0.1, 0.15) is 5.82 Å². The van der Waals surface area contributed by atoms with Crippen molar-refractivity contribution < 1.29 is 0 Å². The summed E-state index contributed by atoms with van der Waals surface area (Å²) in [5, 5.41) is 3.71. The van der Waals surface area contributed by atoms with Gasteiger partial charge in [-0.15, -0.1) is 0 Å². The largest absolute Gasteiger partial charge is 0.398 e. The topological polar surface area (TPSA) is 63.8 Å². The Balaban J connectivity index is 2.35. The zero-order valence-electron chi connectivity index (χ0n) is 8.74. The van der Waals surface area contributed by atoms with E-state index in [9.17, 15) is 0 Å². The number of benzene rings is 1. The maximum Gasteiger partial charge on any atom is 0.148 e. The van der Waals surface area contributed by atoms with E-state index in [0.717, 1.165) is 11.3 Å². The fourth-order valence-corrected chi connectivity index (χ4v) is 1.56.